The van der Waals surface area contributed by atoms with E-state index in [2.05, 4.69) is 15.0 Å². The van der Waals surface area contributed by atoms with Crippen molar-refractivity contribution in [3.05, 3.63) is 60.7 Å². The Bertz CT molecular complexity index is 1390. The molecule has 0 amide bonds. The summed E-state index contributed by atoms with van der Waals surface area (Å²) in [5.74, 6) is 0.185. The van der Waals surface area contributed by atoms with E-state index in [0.717, 1.165) is 16.7 Å². The van der Waals surface area contributed by atoms with Gasteiger partial charge < -0.3 is 4.74 Å². The third-order valence-electron chi connectivity index (χ3n) is 4.93. The Morgan fingerprint density at radius 3 is 2.70 bits per heavy atom. The number of halogens is 1. The lowest BCUT2D eigenvalue weighted by molar-refractivity contribution is 0.428. The van der Waals surface area contributed by atoms with E-state index < -0.39 is 5.82 Å². The number of hydrogen-bond acceptors (Lipinski definition) is 5. The largest absolute Gasteiger partial charge is 0.425 e. The van der Waals surface area contributed by atoms with Crippen LogP contribution in [-0.4, -0.2) is 29.3 Å². The van der Waals surface area contributed by atoms with E-state index in [1.807, 2.05) is 57.3 Å². The van der Waals surface area contributed by atoms with Gasteiger partial charge in [0, 0.05) is 30.9 Å². The molecule has 0 unspecified atom stereocenters. The molecule has 0 radical (unpaired) electrons. The predicted molar refractivity (Wildman–Crippen MR) is 112 cm³/mol. The summed E-state index contributed by atoms with van der Waals surface area (Å²) in [5, 5.41) is 4.74. The van der Waals surface area contributed by atoms with Gasteiger partial charge in [0.15, 0.2) is 5.65 Å². The maximum absolute atomic E-state index is 13.9. The Hall–Kier alpha value is -3.81. The number of rotatable bonds is 4. The second-order valence-electron chi connectivity index (χ2n) is 7.31. The Morgan fingerprint density at radius 2 is 1.90 bits per heavy atom. The average molecular weight is 402 g/mol. The van der Waals surface area contributed by atoms with Crippen molar-refractivity contribution < 1.29 is 9.13 Å². The summed E-state index contributed by atoms with van der Waals surface area (Å²) < 4.78 is 23.6. The van der Waals surface area contributed by atoms with Gasteiger partial charge in [0.2, 0.25) is 0 Å². The van der Waals surface area contributed by atoms with Crippen LogP contribution in [0.4, 0.5) is 4.39 Å². The lowest BCUT2D eigenvalue weighted by Crippen LogP contribution is -2.03. The fraction of sp³-hybridized carbons (Fsp3) is 0.182. The zero-order chi connectivity index (χ0) is 20.8. The summed E-state index contributed by atoms with van der Waals surface area (Å²) in [6.45, 7) is 3.99. The number of aryl methyl sites for hydroxylation is 1. The highest BCUT2D eigenvalue weighted by Gasteiger charge is 2.20. The van der Waals surface area contributed by atoms with E-state index in [4.69, 9.17) is 9.84 Å². The number of imidazole rings is 1. The molecule has 4 aromatic heterocycles. The maximum atomic E-state index is 13.9. The van der Waals surface area contributed by atoms with E-state index in [1.165, 1.54) is 12.3 Å². The lowest BCUT2D eigenvalue weighted by Gasteiger charge is -2.09. The molecule has 0 spiro atoms. The van der Waals surface area contributed by atoms with Crippen LogP contribution in [0.2, 0.25) is 0 Å². The number of para-hydroxylation sites is 1. The quantitative estimate of drug-likeness (QED) is 0.428. The fourth-order valence-electron chi connectivity index (χ4n) is 3.51. The molecule has 0 aliphatic heterocycles. The fourth-order valence-corrected chi connectivity index (χ4v) is 3.51. The highest BCUT2D eigenvalue weighted by Crippen LogP contribution is 2.36. The molecule has 1 aromatic carbocycles. The molecule has 0 saturated heterocycles. The summed E-state index contributed by atoms with van der Waals surface area (Å²) in [5.41, 5.74) is 4.12. The van der Waals surface area contributed by atoms with E-state index in [-0.39, 0.29) is 6.04 Å². The average Bonchev–Trinajstić information content (AvgIpc) is 3.27. The molecule has 7 nitrogen and oxygen atoms in total. The number of benzene rings is 1. The van der Waals surface area contributed by atoms with E-state index in [1.54, 1.807) is 15.4 Å². The van der Waals surface area contributed by atoms with Crippen LogP contribution in [0.25, 0.3) is 33.5 Å². The van der Waals surface area contributed by atoms with Gasteiger partial charge in [-0.05, 0) is 38.1 Å². The summed E-state index contributed by atoms with van der Waals surface area (Å²) in [7, 11) is 1.85. The molecule has 4 heterocycles. The Morgan fingerprint density at radius 1 is 1.07 bits per heavy atom. The Labute approximate surface area is 171 Å². The van der Waals surface area contributed by atoms with Crippen molar-refractivity contribution in [3.8, 4) is 23.0 Å². The molecule has 0 fully saturated rings. The zero-order valence-corrected chi connectivity index (χ0v) is 16.7. The Kier molecular flexibility index (Phi) is 4.20. The van der Waals surface area contributed by atoms with Crippen LogP contribution < -0.4 is 4.74 Å². The topological polar surface area (TPSA) is 70.7 Å². The molecule has 0 aliphatic rings. The molecule has 0 saturated carbocycles. The van der Waals surface area contributed by atoms with Gasteiger partial charge in [-0.25, -0.2) is 14.4 Å². The van der Waals surface area contributed by atoms with Crippen LogP contribution in [0.3, 0.4) is 0 Å². The number of pyridine rings is 2. The Balaban J connectivity index is 1.66. The molecule has 5 aromatic rings. The maximum Gasteiger partial charge on any atom is 0.303 e. The van der Waals surface area contributed by atoms with Gasteiger partial charge in [-0.1, -0.05) is 12.1 Å². The van der Waals surface area contributed by atoms with Crippen molar-refractivity contribution in [3.63, 3.8) is 0 Å². The van der Waals surface area contributed by atoms with Gasteiger partial charge in [-0.15, -0.1) is 0 Å². The summed E-state index contributed by atoms with van der Waals surface area (Å²) >= 11 is 0. The number of nitrogens with zero attached hydrogens (tertiary/aromatic N) is 6. The standard InChI is InChI=1S/C22H19FN6O/c1-13(2)29-17-11-14(23)12-25-20(17)19(27-29)15-7-4-5-9-18(15)30-22-26-16-8-6-10-24-21(16)28(22)3/h4-13H,1-3H3. The summed E-state index contributed by atoms with van der Waals surface area (Å²) in [4.78, 5) is 13.2. The number of hydrogen-bond donors (Lipinski definition) is 0. The molecule has 0 N–H and O–H groups in total. The first-order chi connectivity index (χ1) is 14.5. The molecule has 150 valence electrons. The van der Waals surface area contributed by atoms with Crippen molar-refractivity contribution in [2.45, 2.75) is 19.9 Å². The monoisotopic (exact) mass is 402 g/mol. The molecule has 30 heavy (non-hydrogen) atoms. The molecule has 0 bridgehead atoms. The molecule has 5 rings (SSSR count). The number of aromatic nitrogens is 6. The molecular weight excluding hydrogens is 383 g/mol. The van der Waals surface area contributed by atoms with Crippen molar-refractivity contribution in [1.29, 1.82) is 0 Å². The SMILES string of the molecule is CC(C)n1nc(-c2ccccc2Oc2nc3cccnc3n2C)c2ncc(F)cc21. The van der Waals surface area contributed by atoms with Crippen molar-refractivity contribution >= 4 is 22.2 Å². The minimum Gasteiger partial charge on any atom is -0.425 e. The van der Waals surface area contributed by atoms with Gasteiger partial charge in [0.05, 0.1) is 11.7 Å². The van der Waals surface area contributed by atoms with Crippen molar-refractivity contribution in [2.75, 3.05) is 0 Å². The van der Waals surface area contributed by atoms with Gasteiger partial charge in [0.25, 0.3) is 0 Å². The molecule has 0 aliphatic carbocycles. The lowest BCUT2D eigenvalue weighted by atomic mass is 10.1. The summed E-state index contributed by atoms with van der Waals surface area (Å²) in [6, 6.07) is 13.2. The second-order valence-corrected chi connectivity index (χ2v) is 7.31. The van der Waals surface area contributed by atoms with Gasteiger partial charge in [-0.3, -0.25) is 9.25 Å². The van der Waals surface area contributed by atoms with Crippen LogP contribution in [0.1, 0.15) is 19.9 Å². The third-order valence-corrected chi connectivity index (χ3v) is 4.93. The first kappa shape index (κ1) is 18.2. The first-order valence-corrected chi connectivity index (χ1v) is 9.61. The molecule has 0 atom stereocenters. The normalized spacial score (nSPS) is 11.6. The highest BCUT2D eigenvalue weighted by atomic mass is 19.1. The minimum atomic E-state index is -0.396. The third kappa shape index (κ3) is 2.88. The van der Waals surface area contributed by atoms with Crippen LogP contribution in [0.15, 0.2) is 54.9 Å². The molecule has 8 heteroatoms. The zero-order valence-electron chi connectivity index (χ0n) is 16.7. The van der Waals surface area contributed by atoms with Crippen LogP contribution in [-0.2, 0) is 7.05 Å². The van der Waals surface area contributed by atoms with Crippen molar-refractivity contribution in [1.82, 2.24) is 29.3 Å². The van der Waals surface area contributed by atoms with Gasteiger partial charge >= 0.3 is 6.01 Å². The smallest absolute Gasteiger partial charge is 0.303 e. The van der Waals surface area contributed by atoms with Crippen LogP contribution in [0, 0.1) is 5.82 Å². The first-order valence-electron chi connectivity index (χ1n) is 9.61. The highest BCUT2D eigenvalue weighted by molar-refractivity contribution is 5.91. The second kappa shape index (κ2) is 6.91. The number of ether oxygens (including phenoxy) is 1. The molecular formula is C22H19FN6O. The minimum absolute atomic E-state index is 0.0452. The van der Waals surface area contributed by atoms with E-state index in [0.29, 0.717) is 28.5 Å². The van der Waals surface area contributed by atoms with Gasteiger partial charge in [-0.2, -0.15) is 10.1 Å². The number of fused-ring (bicyclic) bond motifs is 2. The van der Waals surface area contributed by atoms with E-state index >= 15 is 0 Å². The predicted octanol–water partition coefficient (Wildman–Crippen LogP) is 4.89. The van der Waals surface area contributed by atoms with Crippen LogP contribution >= 0.6 is 0 Å². The van der Waals surface area contributed by atoms with Gasteiger partial charge in [0.1, 0.15) is 28.3 Å². The van der Waals surface area contributed by atoms with Crippen LogP contribution in [0.5, 0.6) is 11.8 Å². The summed E-state index contributed by atoms with van der Waals surface area (Å²) in [6.07, 6.45) is 2.93. The van der Waals surface area contributed by atoms with Crippen molar-refractivity contribution in [2.24, 2.45) is 7.05 Å². The van der Waals surface area contributed by atoms with E-state index in [9.17, 15) is 4.39 Å².